The van der Waals surface area contributed by atoms with Gasteiger partial charge in [-0.25, -0.2) is 4.79 Å². The minimum absolute atomic E-state index is 0.0270. The quantitative estimate of drug-likeness (QED) is 0.0325. The Balaban J connectivity index is 0.802. The van der Waals surface area contributed by atoms with Gasteiger partial charge in [0.15, 0.2) is 0 Å². The molecule has 1 aliphatic carbocycles. The summed E-state index contributed by atoms with van der Waals surface area (Å²) in [5.41, 5.74) is -0.0891. The van der Waals surface area contributed by atoms with E-state index in [4.69, 9.17) is 18.9 Å². The number of fused-ring (bicyclic) bond motifs is 1. The van der Waals surface area contributed by atoms with Crippen LogP contribution >= 0.6 is 0 Å². The summed E-state index contributed by atoms with van der Waals surface area (Å²) in [5.74, 6) is -6.32. The molecule has 412 valence electrons. The van der Waals surface area contributed by atoms with Crippen LogP contribution in [0.2, 0.25) is 0 Å². The maximum absolute atomic E-state index is 14.1. The summed E-state index contributed by atoms with van der Waals surface area (Å²) in [7, 11) is 0. The van der Waals surface area contributed by atoms with Crippen LogP contribution in [0.5, 0.6) is 0 Å². The van der Waals surface area contributed by atoms with Crippen LogP contribution in [0.3, 0.4) is 0 Å². The lowest BCUT2D eigenvalue weighted by atomic mass is 9.94. The van der Waals surface area contributed by atoms with Crippen molar-refractivity contribution in [2.75, 3.05) is 69.9 Å². The fourth-order valence-corrected chi connectivity index (χ4v) is 8.99. The van der Waals surface area contributed by atoms with Crippen molar-refractivity contribution in [2.45, 2.75) is 96.0 Å². The predicted molar refractivity (Wildman–Crippen MR) is 274 cm³/mol. The van der Waals surface area contributed by atoms with Gasteiger partial charge in [0.05, 0.1) is 56.8 Å². The largest absolute Gasteiger partial charge is 0.444 e. The van der Waals surface area contributed by atoms with E-state index in [1.807, 2.05) is 0 Å². The normalized spacial score (nSPS) is 17.9. The predicted octanol–water partition coefficient (Wildman–Crippen LogP) is 1.73. The van der Waals surface area contributed by atoms with Gasteiger partial charge in [-0.05, 0) is 94.3 Å². The number of ketones is 1. The Morgan fingerprint density at radius 1 is 0.753 bits per heavy atom. The van der Waals surface area contributed by atoms with Crippen LogP contribution in [0.4, 0.5) is 16.2 Å². The standard InChI is InChI=1S/C53H65N9O15/c1-53(2,3)77-52(73)59-37-11-6-20-61(50(37)71)40(28-31-12-13-31)47(68)58-38(29-34-16-17-55-45(34)66)43(64)48(69)57-30-32-7-4-8-33(27-32)44(65)56-19-22-75-24-26-76-25-23-74-21-18-54-36-10-5-9-35-42(36)51(72)62(49(35)70)39-14-15-41(63)60-46(39)67/h4-11,20,27,31,34,38-40,54H,12-19,21-26,28-30H2,1-3H3,(H,55,66)(H,56,65)(H,57,69)(H,58,68)(H,59,73)(H,60,63,67)/t34-,38-,39?,40-/m0/s1. The zero-order chi connectivity index (χ0) is 55.2. The summed E-state index contributed by atoms with van der Waals surface area (Å²) < 4.78 is 23.2. The number of hydrogen-bond acceptors (Lipinski definition) is 16. The summed E-state index contributed by atoms with van der Waals surface area (Å²) in [6.07, 6.45) is 2.77. The van der Waals surface area contributed by atoms with Crippen molar-refractivity contribution in [1.29, 1.82) is 0 Å². The third-order valence-corrected chi connectivity index (χ3v) is 13.0. The highest BCUT2D eigenvalue weighted by Crippen LogP contribution is 2.37. The first-order valence-corrected chi connectivity index (χ1v) is 25.7. The molecule has 4 heterocycles. The van der Waals surface area contributed by atoms with Crippen LogP contribution in [0.25, 0.3) is 0 Å². The van der Waals surface area contributed by atoms with E-state index in [0.717, 1.165) is 17.7 Å². The van der Waals surface area contributed by atoms with Crippen LogP contribution in [0.15, 0.2) is 65.6 Å². The molecule has 0 spiro atoms. The lowest BCUT2D eigenvalue weighted by Gasteiger charge is -2.27. The number of carbonyl (C=O) groups excluding carboxylic acids is 10. The van der Waals surface area contributed by atoms with E-state index in [-0.39, 0.29) is 113 Å². The summed E-state index contributed by atoms with van der Waals surface area (Å²) in [6.45, 7) is 7.23. The second-order valence-corrected chi connectivity index (χ2v) is 20.0. The van der Waals surface area contributed by atoms with Gasteiger partial charge >= 0.3 is 6.09 Å². The van der Waals surface area contributed by atoms with Gasteiger partial charge in [0.25, 0.3) is 29.2 Å². The molecule has 1 saturated carbocycles. The number of rotatable bonds is 27. The summed E-state index contributed by atoms with van der Waals surface area (Å²) in [5, 5.41) is 18.5. The van der Waals surface area contributed by atoms with E-state index in [0.29, 0.717) is 30.8 Å². The molecule has 3 aliphatic heterocycles. The van der Waals surface area contributed by atoms with Gasteiger partial charge in [0, 0.05) is 56.0 Å². The number of amides is 9. The lowest BCUT2D eigenvalue weighted by molar-refractivity contribution is -0.141. The minimum atomic E-state index is -1.42. The van der Waals surface area contributed by atoms with Crippen molar-refractivity contribution < 1.29 is 66.9 Å². The molecular weight excluding hydrogens is 1000 g/mol. The molecule has 0 radical (unpaired) electrons. The molecule has 24 nitrogen and oxygen atoms in total. The number of carbonyl (C=O) groups is 10. The van der Waals surface area contributed by atoms with Gasteiger partial charge in [0.1, 0.15) is 23.4 Å². The molecule has 2 aromatic carbocycles. The summed E-state index contributed by atoms with van der Waals surface area (Å²) in [4.78, 5) is 144. The van der Waals surface area contributed by atoms with Gasteiger partial charge in [-0.3, -0.25) is 63.5 Å². The van der Waals surface area contributed by atoms with Crippen LogP contribution < -0.4 is 42.8 Å². The molecule has 3 fully saturated rings. The second-order valence-electron chi connectivity index (χ2n) is 20.0. The second kappa shape index (κ2) is 26.3. The van der Waals surface area contributed by atoms with E-state index in [1.165, 1.54) is 29.0 Å². The van der Waals surface area contributed by atoms with E-state index in [2.05, 4.69) is 37.2 Å². The highest BCUT2D eigenvalue weighted by Gasteiger charge is 2.46. The molecular formula is C53H65N9O15. The number of nitrogens with zero attached hydrogens (tertiary/aromatic N) is 2. The van der Waals surface area contributed by atoms with Crippen molar-refractivity contribution in [3.63, 3.8) is 0 Å². The fraction of sp³-hybridized carbons (Fsp3) is 0.491. The highest BCUT2D eigenvalue weighted by molar-refractivity contribution is 6.38. The van der Waals surface area contributed by atoms with Gasteiger partial charge in [-0.2, -0.15) is 0 Å². The Morgan fingerprint density at radius 3 is 2.14 bits per heavy atom. The van der Waals surface area contributed by atoms with Crippen LogP contribution in [0, 0.1) is 11.8 Å². The first-order valence-electron chi connectivity index (χ1n) is 25.7. The van der Waals surface area contributed by atoms with Crippen LogP contribution in [-0.4, -0.2) is 146 Å². The molecule has 1 aromatic heterocycles. The molecule has 2 saturated heterocycles. The number of aromatic nitrogens is 1. The van der Waals surface area contributed by atoms with Gasteiger partial charge in [-0.15, -0.1) is 0 Å². The summed E-state index contributed by atoms with van der Waals surface area (Å²) in [6, 6.07) is 10.5. The highest BCUT2D eigenvalue weighted by atomic mass is 16.6. The molecule has 4 aliphatic rings. The third kappa shape index (κ3) is 15.6. The Hall–Kier alpha value is -7.83. The Kier molecular flexibility index (Phi) is 19.4. The molecule has 9 amide bonds. The Morgan fingerprint density at radius 2 is 1.45 bits per heavy atom. The Labute approximate surface area is 443 Å². The van der Waals surface area contributed by atoms with Gasteiger partial charge in [-0.1, -0.05) is 31.0 Å². The topological polar surface area (TPSA) is 317 Å². The van der Waals surface area contributed by atoms with Crippen molar-refractivity contribution in [3.8, 4) is 0 Å². The Bertz CT molecular complexity index is 2810. The van der Waals surface area contributed by atoms with E-state index >= 15 is 0 Å². The smallest absolute Gasteiger partial charge is 0.412 e. The number of Topliss-reactive ketones (excluding diaryl/α,β-unsaturated/α-hetero) is 1. The van der Waals surface area contributed by atoms with Crippen molar-refractivity contribution in [3.05, 3.63) is 93.4 Å². The van der Waals surface area contributed by atoms with Crippen LogP contribution in [-0.2, 0) is 54.3 Å². The average molecular weight is 1070 g/mol. The third-order valence-electron chi connectivity index (χ3n) is 13.0. The first kappa shape index (κ1) is 56.9. The van der Waals surface area contributed by atoms with Crippen molar-refractivity contribution in [1.82, 2.24) is 36.1 Å². The molecule has 1 unspecified atom stereocenters. The number of hydrogen-bond donors (Lipinski definition) is 7. The maximum atomic E-state index is 14.1. The number of piperidine rings is 1. The number of pyridine rings is 1. The average Bonchev–Trinajstić information content (AvgIpc) is 4.12. The molecule has 7 N–H and O–H groups in total. The van der Waals surface area contributed by atoms with Crippen LogP contribution in [0.1, 0.15) is 108 Å². The monoisotopic (exact) mass is 1070 g/mol. The van der Waals surface area contributed by atoms with E-state index < -0.39 is 88.4 Å². The molecule has 24 heteroatoms. The molecule has 0 bridgehead atoms. The van der Waals surface area contributed by atoms with Crippen molar-refractivity contribution >= 4 is 70.5 Å². The lowest BCUT2D eigenvalue weighted by Crippen LogP contribution is -2.54. The first-order chi connectivity index (χ1) is 36.9. The molecule has 3 aromatic rings. The number of ether oxygens (including phenoxy) is 4. The van der Waals surface area contributed by atoms with Gasteiger partial charge < -0.3 is 50.1 Å². The van der Waals surface area contributed by atoms with E-state index in [1.54, 1.807) is 57.2 Å². The van der Waals surface area contributed by atoms with E-state index in [9.17, 15) is 52.7 Å². The molecule has 77 heavy (non-hydrogen) atoms. The molecule has 4 atom stereocenters. The van der Waals surface area contributed by atoms with Crippen molar-refractivity contribution in [2.24, 2.45) is 11.8 Å². The zero-order valence-corrected chi connectivity index (χ0v) is 43.2. The zero-order valence-electron chi connectivity index (χ0n) is 43.2. The minimum Gasteiger partial charge on any atom is -0.444 e. The number of nitrogens with one attached hydrogen (secondary N) is 7. The maximum Gasteiger partial charge on any atom is 0.412 e. The summed E-state index contributed by atoms with van der Waals surface area (Å²) >= 11 is 0. The fourth-order valence-electron chi connectivity index (χ4n) is 8.99. The molecule has 7 rings (SSSR count). The number of anilines is 2. The van der Waals surface area contributed by atoms with Gasteiger partial charge in [0.2, 0.25) is 29.4 Å². The number of benzene rings is 2. The SMILES string of the molecule is CC(C)(C)OC(=O)Nc1cccn([C@@H](CC2CC2)C(=O)N[C@@H](C[C@@H]2CCNC2=O)C(=O)C(=O)NCc2cccc(C(=O)NCCOCCOCCOCCNc3cccc4c3C(=O)N(C3CCC(=O)NC3=O)C4=O)c2)c1=O. The number of imide groups is 2.